The van der Waals surface area contributed by atoms with Crippen molar-refractivity contribution in [2.75, 3.05) is 0 Å². The second kappa shape index (κ2) is 7.54. The number of carbonyl (C=O) groups excluding carboxylic acids is 1. The summed E-state index contributed by atoms with van der Waals surface area (Å²) in [5.74, 6) is 0.266. The molecule has 47 valence electrons. The van der Waals surface area contributed by atoms with Gasteiger partial charge in [-0.05, 0) is 13.3 Å². The molecule has 0 saturated heterocycles. The molecule has 0 N–H and O–H groups in total. The van der Waals surface area contributed by atoms with Crippen molar-refractivity contribution in [2.45, 2.75) is 26.2 Å². The molecule has 1 nitrogen and oxygen atoms in total. The predicted molar refractivity (Wildman–Crippen MR) is 39.8 cm³/mol. The van der Waals surface area contributed by atoms with Crippen molar-refractivity contribution >= 4 is 31.6 Å². The van der Waals surface area contributed by atoms with E-state index < -0.39 is 0 Å². The van der Waals surface area contributed by atoms with E-state index in [0.717, 1.165) is 6.42 Å². The topological polar surface area (TPSA) is 17.1 Å². The molecule has 0 aliphatic heterocycles. The van der Waals surface area contributed by atoms with Gasteiger partial charge in [-0.15, -0.1) is 0 Å². The van der Waals surface area contributed by atoms with Crippen molar-refractivity contribution in [1.82, 2.24) is 0 Å². The van der Waals surface area contributed by atoms with Crippen LogP contribution < -0.4 is 0 Å². The van der Waals surface area contributed by atoms with Gasteiger partial charge in [-0.3, -0.25) is 4.79 Å². The Labute approximate surface area is 69.6 Å². The van der Waals surface area contributed by atoms with E-state index in [1.165, 1.54) is 0 Å². The Morgan fingerprint density at radius 2 is 2.12 bits per heavy atom. The number of Topliss-reactive ketones (excluding diaryl/α,β-unsaturated/α-hetero) is 1. The Kier molecular flexibility index (Phi) is 10.7. The molecule has 0 aromatic rings. The van der Waals surface area contributed by atoms with Crippen LogP contribution >= 0.6 is 0 Å². The van der Waals surface area contributed by atoms with Crippen LogP contribution in [0.3, 0.4) is 0 Å². The fraction of sp³-hybridized carbons (Fsp3) is 0.667. The van der Waals surface area contributed by atoms with Gasteiger partial charge in [0.05, 0.1) is 0 Å². The summed E-state index contributed by atoms with van der Waals surface area (Å²) < 4.78 is 0. The first kappa shape index (κ1) is 11.4. The molecule has 0 aromatic heterocycles. The maximum atomic E-state index is 10.3. The predicted octanol–water partition coefficient (Wildman–Crippen LogP) is 0.396. The number of hydrogen-bond acceptors (Lipinski definition) is 1. The zero-order valence-corrected chi connectivity index (χ0v) is 4.74. The standard InChI is InChI=1S/C6H11O.In.3H/c1-3-5-6(7)4-2;;;;/h2-5H2,1H3;;;;. The van der Waals surface area contributed by atoms with Crippen molar-refractivity contribution in [3.63, 3.8) is 0 Å². The Hall–Kier alpha value is 0.540. The van der Waals surface area contributed by atoms with Crippen LogP contribution in [0.15, 0.2) is 0 Å². The number of hydrogen-bond donors (Lipinski definition) is 0. The van der Waals surface area contributed by atoms with Gasteiger partial charge in [0.1, 0.15) is 5.78 Å². The molecule has 8 heavy (non-hydrogen) atoms. The van der Waals surface area contributed by atoms with Crippen LogP contribution in [0.1, 0.15) is 26.2 Å². The van der Waals surface area contributed by atoms with Gasteiger partial charge >= 0.3 is 25.8 Å². The molecule has 0 spiro atoms. The summed E-state index contributed by atoms with van der Waals surface area (Å²) in [7, 11) is 0. The fourth-order valence-electron chi connectivity index (χ4n) is 0.404. The van der Waals surface area contributed by atoms with Gasteiger partial charge in [-0.2, -0.15) is 0 Å². The normalized spacial score (nSPS) is 7.75. The van der Waals surface area contributed by atoms with E-state index in [0.29, 0.717) is 12.8 Å². The molecule has 0 fully saturated rings. The molecular formula is C6H14InO. The quantitative estimate of drug-likeness (QED) is 0.668. The van der Waals surface area contributed by atoms with Crippen LogP contribution in [0.25, 0.3) is 0 Å². The third-order valence-electron chi connectivity index (χ3n) is 0.808. The maximum absolute atomic E-state index is 10.3. The molecule has 0 unspecified atom stereocenters. The van der Waals surface area contributed by atoms with E-state index in [4.69, 9.17) is 0 Å². The first-order valence-electron chi connectivity index (χ1n) is 2.62. The van der Waals surface area contributed by atoms with Gasteiger partial charge < -0.3 is 0 Å². The SMILES string of the molecule is [CH2]CC(=O)CCC.[InH3]. The first-order valence-corrected chi connectivity index (χ1v) is 2.62. The molecule has 0 aromatic carbocycles. The van der Waals surface area contributed by atoms with Gasteiger partial charge in [0.15, 0.2) is 0 Å². The summed E-state index contributed by atoms with van der Waals surface area (Å²) in [6.07, 6.45) is 2.10. The van der Waals surface area contributed by atoms with Crippen LogP contribution in [0, 0.1) is 6.92 Å². The third-order valence-corrected chi connectivity index (χ3v) is 0.808. The molecule has 0 aliphatic rings. The molecule has 0 amide bonds. The average molecular weight is 217 g/mol. The zero-order chi connectivity index (χ0) is 5.70. The number of carbonyl (C=O) groups is 1. The van der Waals surface area contributed by atoms with Crippen LogP contribution in [0.2, 0.25) is 0 Å². The molecule has 1 radical (unpaired) electrons. The molecule has 0 heterocycles. The van der Waals surface area contributed by atoms with Crippen molar-refractivity contribution in [3.05, 3.63) is 6.92 Å². The third kappa shape index (κ3) is 6.54. The molecular weight excluding hydrogens is 203 g/mol. The minimum atomic E-state index is 0. The van der Waals surface area contributed by atoms with Crippen molar-refractivity contribution in [3.8, 4) is 0 Å². The van der Waals surface area contributed by atoms with Gasteiger partial charge in [0.25, 0.3) is 0 Å². The first-order chi connectivity index (χ1) is 3.31. The molecule has 0 rings (SSSR count). The van der Waals surface area contributed by atoms with E-state index in [1.54, 1.807) is 0 Å². The van der Waals surface area contributed by atoms with Gasteiger partial charge in [-0.25, -0.2) is 0 Å². The monoisotopic (exact) mass is 217 g/mol. The number of ketones is 1. The van der Waals surface area contributed by atoms with Crippen LogP contribution in [-0.2, 0) is 4.79 Å². The van der Waals surface area contributed by atoms with Gasteiger partial charge in [0.2, 0.25) is 0 Å². The van der Waals surface area contributed by atoms with Crippen molar-refractivity contribution < 1.29 is 4.79 Å². The average Bonchev–Trinajstić information content (AvgIpc) is 1.68. The fourth-order valence-corrected chi connectivity index (χ4v) is 0.404. The summed E-state index contributed by atoms with van der Waals surface area (Å²) >= 11 is 0. The van der Waals surface area contributed by atoms with Crippen molar-refractivity contribution in [1.29, 1.82) is 0 Å². The van der Waals surface area contributed by atoms with E-state index >= 15 is 0 Å². The molecule has 0 bridgehead atoms. The van der Waals surface area contributed by atoms with E-state index in [2.05, 4.69) is 6.92 Å². The van der Waals surface area contributed by atoms with E-state index in [9.17, 15) is 4.79 Å². The molecule has 0 aliphatic carbocycles. The van der Waals surface area contributed by atoms with Crippen LogP contribution in [0.5, 0.6) is 0 Å². The zero-order valence-electron chi connectivity index (χ0n) is 4.74. The molecule has 0 atom stereocenters. The van der Waals surface area contributed by atoms with E-state index in [-0.39, 0.29) is 31.6 Å². The van der Waals surface area contributed by atoms with Crippen LogP contribution in [-0.4, -0.2) is 31.6 Å². The second-order valence-electron chi connectivity index (χ2n) is 1.54. The molecule has 0 saturated carbocycles. The van der Waals surface area contributed by atoms with Gasteiger partial charge in [-0.1, -0.05) is 6.92 Å². The summed E-state index contributed by atoms with van der Waals surface area (Å²) in [5.41, 5.74) is 0. The van der Waals surface area contributed by atoms with E-state index in [1.807, 2.05) is 6.92 Å². The Balaban J connectivity index is 0. The minimum absolute atomic E-state index is 0. The Morgan fingerprint density at radius 3 is 2.25 bits per heavy atom. The Morgan fingerprint density at radius 1 is 1.62 bits per heavy atom. The molecule has 2 heteroatoms. The summed E-state index contributed by atoms with van der Waals surface area (Å²) in [5, 5.41) is 0. The number of rotatable bonds is 3. The van der Waals surface area contributed by atoms with Crippen LogP contribution in [0.4, 0.5) is 0 Å². The summed E-state index contributed by atoms with van der Waals surface area (Å²) in [6, 6.07) is 0. The summed E-state index contributed by atoms with van der Waals surface area (Å²) in [4.78, 5) is 10.3. The summed E-state index contributed by atoms with van der Waals surface area (Å²) in [6.45, 7) is 5.45. The van der Waals surface area contributed by atoms with Gasteiger partial charge in [0, 0.05) is 12.8 Å². The Bertz CT molecular complexity index is 61.5. The second-order valence-corrected chi connectivity index (χ2v) is 1.54. The van der Waals surface area contributed by atoms with Crippen molar-refractivity contribution in [2.24, 2.45) is 0 Å².